The summed E-state index contributed by atoms with van der Waals surface area (Å²) in [6.07, 6.45) is 8.41. The second-order valence-electron chi connectivity index (χ2n) is 7.63. The number of hydrogen-bond donors (Lipinski definition) is 2. The Morgan fingerprint density at radius 3 is 2.66 bits per heavy atom. The van der Waals surface area contributed by atoms with Crippen LogP contribution in [-0.2, 0) is 21.4 Å². The fraction of sp³-hybridized carbons (Fsp3) is 0.455. The van der Waals surface area contributed by atoms with Crippen LogP contribution in [0.2, 0.25) is 0 Å². The summed E-state index contributed by atoms with van der Waals surface area (Å²) in [5.74, 6) is -0.227. The molecule has 1 aromatic carbocycles. The van der Waals surface area contributed by atoms with E-state index in [1.807, 2.05) is 12.3 Å². The van der Waals surface area contributed by atoms with E-state index in [9.17, 15) is 17.6 Å². The Labute approximate surface area is 192 Å². The Hall–Kier alpha value is -2.17. The minimum absolute atomic E-state index is 0.187. The lowest BCUT2D eigenvalue weighted by Gasteiger charge is -2.18. The molecule has 32 heavy (non-hydrogen) atoms. The van der Waals surface area contributed by atoms with Crippen molar-refractivity contribution in [2.75, 3.05) is 12.0 Å². The molecule has 1 amide bonds. The Morgan fingerprint density at radius 2 is 2.00 bits per heavy atom. The van der Waals surface area contributed by atoms with Crippen LogP contribution in [0.4, 0.5) is 4.39 Å². The summed E-state index contributed by atoms with van der Waals surface area (Å²) < 4.78 is 47.4. The lowest BCUT2D eigenvalue weighted by molar-refractivity contribution is -0.122. The van der Waals surface area contributed by atoms with E-state index in [1.165, 1.54) is 42.8 Å². The fourth-order valence-corrected chi connectivity index (χ4v) is 5.25. The van der Waals surface area contributed by atoms with Gasteiger partial charge in [-0.1, -0.05) is 18.2 Å². The minimum Gasteiger partial charge on any atom is -0.474 e. The van der Waals surface area contributed by atoms with Gasteiger partial charge >= 0.3 is 0 Å². The maximum atomic E-state index is 14.0. The molecule has 1 saturated carbocycles. The lowest BCUT2D eigenvalue weighted by atomic mass is 10.2. The van der Waals surface area contributed by atoms with E-state index in [4.69, 9.17) is 4.74 Å². The molecule has 0 spiro atoms. The Morgan fingerprint density at radius 1 is 1.25 bits per heavy atom. The molecule has 1 aromatic heterocycles. The standard InChI is InChI=1S/C22H28FN3O4S2/c1-31-13-12-19(26-32(28,29)20-9-5-4-8-18(20)23)22(27)25-15-16-10-11-21(24-14-16)30-17-6-2-3-7-17/h4-5,8-11,14,17,19,26H,2-3,6-7,12-13,15H2,1H3,(H,25,27). The smallest absolute Gasteiger partial charge is 0.244 e. The summed E-state index contributed by atoms with van der Waals surface area (Å²) in [5.41, 5.74) is 0.762. The molecule has 0 saturated heterocycles. The summed E-state index contributed by atoms with van der Waals surface area (Å²) in [4.78, 5) is 16.5. The van der Waals surface area contributed by atoms with Crippen LogP contribution in [0.25, 0.3) is 0 Å². The molecule has 1 aliphatic rings. The highest BCUT2D eigenvalue weighted by molar-refractivity contribution is 7.98. The third kappa shape index (κ3) is 6.91. The Bertz CT molecular complexity index is 996. The van der Waals surface area contributed by atoms with Crippen LogP contribution in [0.1, 0.15) is 37.7 Å². The Kier molecular flexibility index (Phi) is 8.89. The van der Waals surface area contributed by atoms with Crippen LogP contribution in [0.15, 0.2) is 47.5 Å². The number of halogens is 1. The first-order valence-electron chi connectivity index (χ1n) is 10.5. The van der Waals surface area contributed by atoms with Crippen molar-refractivity contribution in [3.63, 3.8) is 0 Å². The maximum Gasteiger partial charge on any atom is 0.244 e. The molecule has 1 heterocycles. The number of nitrogens with zero attached hydrogens (tertiary/aromatic N) is 1. The number of nitrogens with one attached hydrogen (secondary N) is 2. The highest BCUT2D eigenvalue weighted by atomic mass is 32.2. The zero-order valence-electron chi connectivity index (χ0n) is 17.9. The maximum absolute atomic E-state index is 14.0. The van der Waals surface area contributed by atoms with Crippen LogP contribution >= 0.6 is 11.8 Å². The van der Waals surface area contributed by atoms with E-state index in [-0.39, 0.29) is 19.1 Å². The molecule has 1 atom stereocenters. The normalized spacial score (nSPS) is 15.4. The number of benzene rings is 1. The molecule has 174 valence electrons. The average Bonchev–Trinajstić information content (AvgIpc) is 3.29. The molecular formula is C22H28FN3O4S2. The van der Waals surface area contributed by atoms with Crippen molar-refractivity contribution < 1.29 is 22.3 Å². The number of ether oxygens (including phenoxy) is 1. The average molecular weight is 482 g/mol. The van der Waals surface area contributed by atoms with Crippen molar-refractivity contribution >= 4 is 27.7 Å². The number of aromatic nitrogens is 1. The molecular weight excluding hydrogens is 453 g/mol. The van der Waals surface area contributed by atoms with Crippen molar-refractivity contribution in [3.05, 3.63) is 54.0 Å². The lowest BCUT2D eigenvalue weighted by Crippen LogP contribution is -2.46. The van der Waals surface area contributed by atoms with Gasteiger partial charge in [0.05, 0.1) is 0 Å². The Balaban J connectivity index is 1.60. The van der Waals surface area contributed by atoms with E-state index < -0.39 is 32.7 Å². The summed E-state index contributed by atoms with van der Waals surface area (Å²) in [7, 11) is -4.19. The molecule has 2 N–H and O–H groups in total. The van der Waals surface area contributed by atoms with Crippen molar-refractivity contribution in [3.8, 4) is 5.88 Å². The molecule has 7 nitrogen and oxygen atoms in total. The van der Waals surface area contributed by atoms with Gasteiger partial charge in [0, 0.05) is 18.8 Å². The summed E-state index contributed by atoms with van der Waals surface area (Å²) >= 11 is 1.49. The number of hydrogen-bond acceptors (Lipinski definition) is 6. The first-order chi connectivity index (χ1) is 15.4. The molecule has 10 heteroatoms. The van der Waals surface area contributed by atoms with Crippen LogP contribution < -0.4 is 14.8 Å². The predicted octanol–water partition coefficient (Wildman–Crippen LogP) is 3.26. The molecule has 1 aliphatic carbocycles. The highest BCUT2D eigenvalue weighted by Crippen LogP contribution is 2.23. The van der Waals surface area contributed by atoms with Gasteiger partial charge in [-0.25, -0.2) is 17.8 Å². The van der Waals surface area contributed by atoms with Crippen LogP contribution in [0, 0.1) is 5.82 Å². The molecule has 3 rings (SSSR count). The number of pyridine rings is 1. The number of carbonyl (C=O) groups is 1. The van der Waals surface area contributed by atoms with Crippen molar-refractivity contribution in [2.45, 2.75) is 55.7 Å². The quantitative estimate of drug-likeness (QED) is 0.511. The van der Waals surface area contributed by atoms with Crippen molar-refractivity contribution in [2.24, 2.45) is 0 Å². The third-order valence-corrected chi connectivity index (χ3v) is 7.35. The van der Waals surface area contributed by atoms with E-state index in [0.717, 1.165) is 24.5 Å². The van der Waals surface area contributed by atoms with Crippen LogP contribution in [-0.4, -0.2) is 43.5 Å². The zero-order chi connectivity index (χ0) is 23.0. The predicted molar refractivity (Wildman–Crippen MR) is 122 cm³/mol. The van der Waals surface area contributed by atoms with Gasteiger partial charge in [-0.2, -0.15) is 16.5 Å². The van der Waals surface area contributed by atoms with Gasteiger partial charge in [-0.05, 0) is 61.8 Å². The largest absolute Gasteiger partial charge is 0.474 e. The van der Waals surface area contributed by atoms with Gasteiger partial charge in [-0.3, -0.25) is 4.79 Å². The monoisotopic (exact) mass is 481 g/mol. The number of rotatable bonds is 11. The van der Waals surface area contributed by atoms with E-state index in [2.05, 4.69) is 15.0 Å². The number of carbonyl (C=O) groups excluding carboxylic acids is 1. The first-order valence-corrected chi connectivity index (χ1v) is 13.4. The summed E-state index contributed by atoms with van der Waals surface area (Å²) in [5, 5.41) is 2.74. The second-order valence-corrected chi connectivity index (χ2v) is 10.3. The van der Waals surface area contributed by atoms with Gasteiger partial charge in [0.15, 0.2) is 0 Å². The van der Waals surface area contributed by atoms with E-state index >= 15 is 0 Å². The molecule has 1 fully saturated rings. The SMILES string of the molecule is CSCCC(NS(=O)(=O)c1ccccc1F)C(=O)NCc1ccc(OC2CCCC2)nc1. The van der Waals surface area contributed by atoms with Gasteiger partial charge in [0.2, 0.25) is 21.8 Å². The molecule has 1 unspecified atom stereocenters. The topological polar surface area (TPSA) is 97.4 Å². The number of sulfonamides is 1. The summed E-state index contributed by atoms with van der Waals surface area (Å²) in [6, 6.07) is 7.64. The van der Waals surface area contributed by atoms with Crippen molar-refractivity contribution in [1.82, 2.24) is 15.0 Å². The van der Waals surface area contributed by atoms with Crippen LogP contribution in [0.3, 0.4) is 0 Å². The van der Waals surface area contributed by atoms with E-state index in [0.29, 0.717) is 11.6 Å². The number of thioether (sulfide) groups is 1. The third-order valence-electron chi connectivity index (χ3n) is 5.20. The minimum atomic E-state index is -4.19. The number of amides is 1. The molecule has 0 radical (unpaired) electrons. The molecule has 0 aliphatic heterocycles. The van der Waals surface area contributed by atoms with Gasteiger partial charge in [0.25, 0.3) is 0 Å². The first kappa shape index (κ1) is 24.5. The molecule has 2 aromatic rings. The van der Waals surface area contributed by atoms with Gasteiger partial charge in [-0.15, -0.1) is 0 Å². The van der Waals surface area contributed by atoms with Crippen molar-refractivity contribution in [1.29, 1.82) is 0 Å². The van der Waals surface area contributed by atoms with Gasteiger partial charge in [0.1, 0.15) is 22.9 Å². The van der Waals surface area contributed by atoms with Gasteiger partial charge < -0.3 is 10.1 Å². The summed E-state index contributed by atoms with van der Waals surface area (Å²) in [6.45, 7) is 0.187. The van der Waals surface area contributed by atoms with E-state index in [1.54, 1.807) is 12.3 Å². The fourth-order valence-electron chi connectivity index (χ4n) is 3.47. The highest BCUT2D eigenvalue weighted by Gasteiger charge is 2.27. The molecule has 0 bridgehead atoms. The van der Waals surface area contributed by atoms with Crippen LogP contribution in [0.5, 0.6) is 5.88 Å². The second kappa shape index (κ2) is 11.6. The zero-order valence-corrected chi connectivity index (χ0v) is 19.6.